The Labute approximate surface area is 257 Å². The van der Waals surface area contributed by atoms with Crippen molar-refractivity contribution < 1.29 is 23.8 Å². The van der Waals surface area contributed by atoms with Gasteiger partial charge in [0.1, 0.15) is 6.10 Å². The molecule has 43 heavy (non-hydrogen) atoms. The summed E-state index contributed by atoms with van der Waals surface area (Å²) in [5, 5.41) is 2.87. The van der Waals surface area contributed by atoms with Gasteiger partial charge in [-0.15, -0.1) is 0 Å². The number of fused-ring (bicyclic) bond motifs is 4. The van der Waals surface area contributed by atoms with E-state index in [2.05, 4.69) is 44.3 Å². The molecule has 2 saturated heterocycles. The lowest BCUT2D eigenvalue weighted by atomic mass is 9.90. The Balaban J connectivity index is 1.39. The third kappa shape index (κ3) is 11.4. The number of cyclic esters (lactones) is 1. The number of allylic oxidation sites excluding steroid dienone is 6. The Kier molecular flexibility index (Phi) is 13.1. The second kappa shape index (κ2) is 17.2. The average molecular weight is 588 g/mol. The third-order valence-corrected chi connectivity index (χ3v) is 8.42. The van der Waals surface area contributed by atoms with Gasteiger partial charge in [-0.05, 0) is 69.6 Å². The van der Waals surface area contributed by atoms with Crippen LogP contribution in [0.4, 0.5) is 5.69 Å². The van der Waals surface area contributed by atoms with E-state index >= 15 is 0 Å². The van der Waals surface area contributed by atoms with Crippen molar-refractivity contribution in [1.29, 1.82) is 0 Å². The molecular weight excluding hydrogens is 538 g/mol. The Morgan fingerprint density at radius 1 is 0.884 bits per heavy atom. The normalized spacial score (nSPS) is 32.7. The van der Waals surface area contributed by atoms with Crippen LogP contribution in [-0.4, -0.2) is 42.4 Å². The Hall–Kier alpha value is -3.22. The largest absolute Gasteiger partial charge is 0.457 e. The lowest BCUT2D eigenvalue weighted by molar-refractivity contribution is -0.154. The highest BCUT2D eigenvalue weighted by molar-refractivity contribution is 5.91. The van der Waals surface area contributed by atoms with Crippen molar-refractivity contribution in [1.82, 2.24) is 0 Å². The van der Waals surface area contributed by atoms with E-state index in [1.807, 2.05) is 66.8 Å². The van der Waals surface area contributed by atoms with Gasteiger partial charge in [0.15, 0.2) is 0 Å². The summed E-state index contributed by atoms with van der Waals surface area (Å²) in [6.07, 6.45) is 25.3. The van der Waals surface area contributed by atoms with Crippen LogP contribution < -0.4 is 5.32 Å². The predicted octanol–water partition coefficient (Wildman–Crippen LogP) is 8.04. The molecule has 0 aromatic heterocycles. The summed E-state index contributed by atoms with van der Waals surface area (Å²) in [6, 6.07) is 9.42. The molecule has 2 fully saturated rings. The van der Waals surface area contributed by atoms with Crippen LogP contribution >= 0.6 is 0 Å². The molecule has 7 unspecified atom stereocenters. The number of carbonyl (C=O) groups is 2. The minimum atomic E-state index is -0.398. The van der Waals surface area contributed by atoms with Crippen molar-refractivity contribution in [2.45, 2.75) is 109 Å². The van der Waals surface area contributed by atoms with Crippen LogP contribution in [0.15, 0.2) is 90.6 Å². The molecule has 6 nitrogen and oxygen atoms in total. The molecule has 1 amide bonds. The quantitative estimate of drug-likeness (QED) is 0.207. The molecule has 3 aliphatic heterocycles. The lowest BCUT2D eigenvalue weighted by Gasteiger charge is -2.37. The van der Waals surface area contributed by atoms with E-state index in [9.17, 15) is 9.59 Å². The van der Waals surface area contributed by atoms with Gasteiger partial charge in [-0.25, -0.2) is 0 Å². The lowest BCUT2D eigenvalue weighted by Crippen LogP contribution is -2.37. The molecule has 1 N–H and O–H groups in total. The number of ether oxygens (including phenoxy) is 3. The first-order valence-corrected chi connectivity index (χ1v) is 16.1. The molecular formula is C37H49NO5. The number of para-hydroxylation sites is 1. The van der Waals surface area contributed by atoms with Gasteiger partial charge in [-0.1, -0.05) is 86.2 Å². The fourth-order valence-corrected chi connectivity index (χ4v) is 6.12. The van der Waals surface area contributed by atoms with Crippen molar-refractivity contribution in [2.24, 2.45) is 11.8 Å². The summed E-state index contributed by atoms with van der Waals surface area (Å²) in [6.45, 7) is 6.39. The highest BCUT2D eigenvalue weighted by atomic mass is 16.5. The van der Waals surface area contributed by atoms with Crippen LogP contribution in [0, 0.1) is 11.8 Å². The zero-order valence-corrected chi connectivity index (χ0v) is 26.0. The first-order chi connectivity index (χ1) is 20.9. The standard InChI is InChI=1S/C37H49NO5/c1-4-29-23-33-25-32-17-13-16-31(41-32)22-27(2)20-21-28(3)35(43-37(40)26-34(24-29)42-33)18-11-6-5-7-12-19-36(39)38-30-14-9-8-10-15-30/h4-12,14-15,18,20-21,27-28,31-35H,13,16-17,19,22-26H2,1-3H3,(H,38,39)/b6-5-,12-7+,18-11+,21-20+,29-4-. The van der Waals surface area contributed by atoms with E-state index in [0.29, 0.717) is 5.92 Å². The van der Waals surface area contributed by atoms with Gasteiger partial charge in [0, 0.05) is 24.4 Å². The SMILES string of the molecule is C/C=C1\CC2CC(=O)OC(/C=C/C=C\C=C\CC(=O)Nc3ccccc3)C(C)/C=C/C(C)CC3CCCC(CC(C1)O2)O3. The van der Waals surface area contributed by atoms with Gasteiger partial charge >= 0.3 is 5.97 Å². The van der Waals surface area contributed by atoms with E-state index in [1.54, 1.807) is 0 Å². The molecule has 0 radical (unpaired) electrons. The molecule has 1 aromatic carbocycles. The molecule has 3 aliphatic rings. The van der Waals surface area contributed by atoms with Crippen molar-refractivity contribution in [3.05, 3.63) is 90.6 Å². The van der Waals surface area contributed by atoms with Crippen molar-refractivity contribution in [2.75, 3.05) is 5.32 Å². The summed E-state index contributed by atoms with van der Waals surface area (Å²) < 4.78 is 19.0. The molecule has 4 bridgehead atoms. The number of benzene rings is 1. The molecule has 0 aliphatic carbocycles. The molecule has 232 valence electrons. The highest BCUT2D eigenvalue weighted by Crippen LogP contribution is 2.33. The van der Waals surface area contributed by atoms with Crippen LogP contribution in [-0.2, 0) is 23.8 Å². The minimum absolute atomic E-state index is 0.00678. The Morgan fingerprint density at radius 3 is 2.40 bits per heavy atom. The minimum Gasteiger partial charge on any atom is -0.457 e. The number of esters is 1. The topological polar surface area (TPSA) is 73.9 Å². The van der Waals surface area contributed by atoms with Gasteiger partial charge in [0.25, 0.3) is 0 Å². The van der Waals surface area contributed by atoms with Crippen molar-refractivity contribution in [3.8, 4) is 0 Å². The van der Waals surface area contributed by atoms with Gasteiger partial charge in [0.2, 0.25) is 5.91 Å². The van der Waals surface area contributed by atoms with Gasteiger partial charge < -0.3 is 19.5 Å². The summed E-state index contributed by atoms with van der Waals surface area (Å²) >= 11 is 0. The number of hydrogen-bond donors (Lipinski definition) is 1. The zero-order valence-electron chi connectivity index (χ0n) is 26.0. The average Bonchev–Trinajstić information content (AvgIpc) is 2.98. The summed E-state index contributed by atoms with van der Waals surface area (Å²) in [5.41, 5.74) is 2.13. The number of hydrogen-bond acceptors (Lipinski definition) is 5. The first-order valence-electron chi connectivity index (χ1n) is 16.1. The molecule has 6 heteroatoms. The number of anilines is 1. The Morgan fingerprint density at radius 2 is 1.60 bits per heavy atom. The van der Waals surface area contributed by atoms with E-state index in [1.165, 1.54) is 12.0 Å². The first kappa shape index (κ1) is 32.7. The maximum absolute atomic E-state index is 13.2. The number of nitrogens with one attached hydrogen (secondary N) is 1. The van der Waals surface area contributed by atoms with Crippen LogP contribution in [0.3, 0.4) is 0 Å². The summed E-state index contributed by atoms with van der Waals surface area (Å²) in [7, 11) is 0. The van der Waals surface area contributed by atoms with Gasteiger partial charge in [-0.3, -0.25) is 9.59 Å². The van der Waals surface area contributed by atoms with E-state index in [-0.39, 0.29) is 55.1 Å². The van der Waals surface area contributed by atoms with Crippen molar-refractivity contribution >= 4 is 17.6 Å². The number of rotatable bonds is 6. The molecule has 0 saturated carbocycles. The van der Waals surface area contributed by atoms with E-state index in [4.69, 9.17) is 14.2 Å². The van der Waals surface area contributed by atoms with E-state index < -0.39 is 6.10 Å². The second-order valence-electron chi connectivity index (χ2n) is 12.2. The maximum atomic E-state index is 13.2. The van der Waals surface area contributed by atoms with Crippen LogP contribution in [0.25, 0.3) is 0 Å². The Bertz CT molecular complexity index is 1180. The summed E-state index contributed by atoms with van der Waals surface area (Å²) in [4.78, 5) is 25.3. The highest BCUT2D eigenvalue weighted by Gasteiger charge is 2.32. The van der Waals surface area contributed by atoms with Crippen molar-refractivity contribution in [3.63, 3.8) is 0 Å². The summed E-state index contributed by atoms with van der Waals surface area (Å²) in [5.74, 6) is 0.0723. The fourth-order valence-electron chi connectivity index (χ4n) is 6.12. The van der Waals surface area contributed by atoms with Gasteiger partial charge in [-0.2, -0.15) is 0 Å². The second-order valence-corrected chi connectivity index (χ2v) is 12.2. The maximum Gasteiger partial charge on any atom is 0.309 e. The van der Waals surface area contributed by atoms with Crippen LogP contribution in [0.1, 0.15) is 78.6 Å². The van der Waals surface area contributed by atoms with Crippen LogP contribution in [0.5, 0.6) is 0 Å². The molecule has 4 rings (SSSR count). The van der Waals surface area contributed by atoms with Crippen LogP contribution in [0.2, 0.25) is 0 Å². The monoisotopic (exact) mass is 587 g/mol. The molecule has 7 atom stereocenters. The predicted molar refractivity (Wildman–Crippen MR) is 172 cm³/mol. The van der Waals surface area contributed by atoms with Gasteiger partial charge in [0.05, 0.1) is 30.8 Å². The smallest absolute Gasteiger partial charge is 0.309 e. The van der Waals surface area contributed by atoms with E-state index in [0.717, 1.165) is 44.2 Å². The molecule has 3 heterocycles. The third-order valence-electron chi connectivity index (χ3n) is 8.42. The number of carbonyl (C=O) groups excluding carboxylic acids is 2. The zero-order chi connectivity index (χ0) is 30.4. The molecule has 0 spiro atoms. The fraction of sp³-hybridized carbons (Fsp3) is 0.514. The molecule has 1 aromatic rings. The number of amides is 1.